The molecule has 1 aromatic carbocycles. The second-order valence-corrected chi connectivity index (χ2v) is 5.60. The molecule has 0 amide bonds. The summed E-state index contributed by atoms with van der Waals surface area (Å²) < 4.78 is 12.9. The van der Waals surface area contributed by atoms with Gasteiger partial charge in [-0.25, -0.2) is 4.39 Å². The van der Waals surface area contributed by atoms with E-state index in [-0.39, 0.29) is 5.82 Å². The quantitative estimate of drug-likeness (QED) is 0.892. The number of nitrogens with one attached hydrogen (secondary N) is 1. The molecule has 0 bridgehead atoms. The summed E-state index contributed by atoms with van der Waals surface area (Å²) in [5.74, 6) is 0.472. The fraction of sp³-hybridized carbons (Fsp3) is 0.467. The van der Waals surface area contributed by atoms with Crippen molar-refractivity contribution in [2.24, 2.45) is 5.92 Å². The summed E-state index contributed by atoms with van der Waals surface area (Å²) in [6.45, 7) is 2.99. The van der Waals surface area contributed by atoms with Crippen LogP contribution in [0.25, 0.3) is 0 Å². The molecule has 2 unspecified atom stereocenters. The van der Waals surface area contributed by atoms with E-state index in [0.29, 0.717) is 12.0 Å². The summed E-state index contributed by atoms with van der Waals surface area (Å²) in [5.41, 5.74) is 2.56. The lowest BCUT2D eigenvalue weighted by Gasteiger charge is -2.48. The van der Waals surface area contributed by atoms with Crippen LogP contribution in [0, 0.1) is 11.7 Å². The largest absolute Gasteiger partial charge is 0.382 e. The molecule has 2 aliphatic rings. The maximum Gasteiger partial charge on any atom is 0.123 e. The lowest BCUT2D eigenvalue weighted by molar-refractivity contribution is 0.108. The van der Waals surface area contributed by atoms with Crippen LogP contribution in [0.15, 0.2) is 36.2 Å². The summed E-state index contributed by atoms with van der Waals surface area (Å²) in [7, 11) is 4.11. The second kappa shape index (κ2) is 4.85. The van der Waals surface area contributed by atoms with Crippen molar-refractivity contribution in [3.05, 3.63) is 47.5 Å². The topological polar surface area (TPSA) is 18.5 Å². The monoisotopic (exact) mass is 261 g/mol. The minimum Gasteiger partial charge on any atom is -0.382 e. The highest BCUT2D eigenvalue weighted by molar-refractivity contribution is 5.26. The van der Waals surface area contributed by atoms with Gasteiger partial charge in [-0.2, -0.15) is 0 Å². The van der Waals surface area contributed by atoms with E-state index in [1.807, 2.05) is 12.1 Å². The first-order valence-electron chi connectivity index (χ1n) is 6.75. The van der Waals surface area contributed by atoms with Gasteiger partial charge in [-0.3, -0.25) is 0 Å². The summed E-state index contributed by atoms with van der Waals surface area (Å²) >= 11 is 0. The third kappa shape index (κ3) is 2.32. The minimum atomic E-state index is -0.170. The molecule has 4 heteroatoms. The lowest BCUT2D eigenvalue weighted by Crippen LogP contribution is -2.53. The minimum absolute atomic E-state index is 0.170. The summed E-state index contributed by atoms with van der Waals surface area (Å²) in [6, 6.07) is 7.41. The number of halogens is 1. The van der Waals surface area contributed by atoms with Crippen LogP contribution in [0.5, 0.6) is 0 Å². The van der Waals surface area contributed by atoms with E-state index >= 15 is 0 Å². The van der Waals surface area contributed by atoms with Gasteiger partial charge in [-0.05, 0) is 17.7 Å². The average Bonchev–Trinajstić information content (AvgIpc) is 2.80. The number of likely N-dealkylation sites (tertiary alicyclic amines) is 1. The van der Waals surface area contributed by atoms with Crippen LogP contribution >= 0.6 is 0 Å². The molecule has 1 aromatic rings. The molecule has 0 spiro atoms. The number of fused-ring (bicyclic) bond motifs is 1. The number of rotatable bonds is 3. The smallest absolute Gasteiger partial charge is 0.123 e. The molecule has 0 radical (unpaired) electrons. The van der Waals surface area contributed by atoms with Gasteiger partial charge in [0.1, 0.15) is 5.82 Å². The molecular formula is C15H20FN3. The molecule has 19 heavy (non-hydrogen) atoms. The van der Waals surface area contributed by atoms with Crippen molar-refractivity contribution in [1.29, 1.82) is 0 Å². The zero-order chi connectivity index (χ0) is 13.4. The van der Waals surface area contributed by atoms with Crippen LogP contribution in [-0.2, 0) is 6.54 Å². The Morgan fingerprint density at radius 1 is 1.32 bits per heavy atom. The number of hydrogen-bond donors (Lipinski definition) is 1. The first-order chi connectivity index (χ1) is 9.15. The Morgan fingerprint density at radius 3 is 2.74 bits per heavy atom. The van der Waals surface area contributed by atoms with Crippen LogP contribution in [0.4, 0.5) is 4.39 Å². The zero-order valence-corrected chi connectivity index (χ0v) is 11.4. The van der Waals surface area contributed by atoms with Crippen LogP contribution in [0.3, 0.4) is 0 Å². The molecule has 0 aromatic heterocycles. The predicted molar refractivity (Wildman–Crippen MR) is 73.9 cm³/mol. The van der Waals surface area contributed by atoms with Crippen LogP contribution in [0.1, 0.15) is 5.56 Å². The summed E-state index contributed by atoms with van der Waals surface area (Å²) in [6.07, 6.45) is 2.21. The van der Waals surface area contributed by atoms with Gasteiger partial charge in [-0.15, -0.1) is 0 Å². The molecule has 1 N–H and O–H groups in total. The van der Waals surface area contributed by atoms with Gasteiger partial charge in [0.15, 0.2) is 0 Å². The van der Waals surface area contributed by atoms with Crippen LogP contribution in [0.2, 0.25) is 0 Å². The van der Waals surface area contributed by atoms with E-state index in [2.05, 4.69) is 35.4 Å². The molecule has 2 saturated heterocycles. The van der Waals surface area contributed by atoms with Crippen molar-refractivity contribution in [1.82, 2.24) is 15.1 Å². The Bertz CT molecular complexity index is 481. The molecule has 2 heterocycles. The van der Waals surface area contributed by atoms with Gasteiger partial charge in [0, 0.05) is 51.5 Å². The molecule has 102 valence electrons. The SMILES string of the molecule is CN(C)/C=C1\C2CNCC2N1Cc1ccc(F)cc1. The Hall–Kier alpha value is -1.55. The third-order valence-electron chi connectivity index (χ3n) is 3.95. The van der Waals surface area contributed by atoms with Gasteiger partial charge in [0.05, 0.1) is 6.04 Å². The van der Waals surface area contributed by atoms with E-state index in [9.17, 15) is 4.39 Å². The van der Waals surface area contributed by atoms with E-state index in [1.165, 1.54) is 17.8 Å². The fourth-order valence-electron chi connectivity index (χ4n) is 3.05. The van der Waals surface area contributed by atoms with Gasteiger partial charge >= 0.3 is 0 Å². The van der Waals surface area contributed by atoms with Crippen LogP contribution < -0.4 is 5.32 Å². The maximum absolute atomic E-state index is 12.9. The number of benzene rings is 1. The molecule has 2 fully saturated rings. The number of nitrogens with zero attached hydrogens (tertiary/aromatic N) is 2. The van der Waals surface area contributed by atoms with Crippen molar-refractivity contribution in [2.45, 2.75) is 12.6 Å². The molecule has 0 aliphatic carbocycles. The van der Waals surface area contributed by atoms with Crippen LogP contribution in [-0.4, -0.2) is 43.0 Å². The molecule has 0 saturated carbocycles. The predicted octanol–water partition coefficient (Wildman–Crippen LogP) is 1.63. The van der Waals surface area contributed by atoms with Gasteiger partial charge in [0.2, 0.25) is 0 Å². The molecule has 2 atom stereocenters. The van der Waals surface area contributed by atoms with Crippen molar-refractivity contribution in [2.75, 3.05) is 27.2 Å². The Morgan fingerprint density at radius 2 is 2.05 bits per heavy atom. The van der Waals surface area contributed by atoms with E-state index in [0.717, 1.165) is 25.2 Å². The average molecular weight is 261 g/mol. The van der Waals surface area contributed by atoms with Gasteiger partial charge < -0.3 is 15.1 Å². The van der Waals surface area contributed by atoms with E-state index < -0.39 is 0 Å². The zero-order valence-electron chi connectivity index (χ0n) is 11.4. The summed E-state index contributed by atoms with van der Waals surface area (Å²) in [4.78, 5) is 4.53. The maximum atomic E-state index is 12.9. The van der Waals surface area contributed by atoms with Crippen molar-refractivity contribution in [3.63, 3.8) is 0 Å². The third-order valence-corrected chi connectivity index (χ3v) is 3.95. The van der Waals surface area contributed by atoms with Crippen molar-refractivity contribution in [3.8, 4) is 0 Å². The Kier molecular flexibility index (Phi) is 3.19. The first kappa shape index (κ1) is 12.5. The Balaban J connectivity index is 1.77. The van der Waals surface area contributed by atoms with E-state index in [4.69, 9.17) is 0 Å². The molecule has 3 nitrogen and oxygen atoms in total. The molecule has 3 rings (SSSR count). The lowest BCUT2D eigenvalue weighted by atomic mass is 9.87. The normalized spacial score (nSPS) is 27.3. The van der Waals surface area contributed by atoms with E-state index in [1.54, 1.807) is 0 Å². The standard InChI is InChI=1S/C15H20FN3/c1-18(2)10-15-13-7-17-8-14(13)19(15)9-11-3-5-12(16)6-4-11/h3-6,10,13-14,17H,7-9H2,1-2H3/b15-10+. The highest BCUT2D eigenvalue weighted by Crippen LogP contribution is 2.39. The van der Waals surface area contributed by atoms with Crippen molar-refractivity contribution < 1.29 is 4.39 Å². The first-order valence-corrected chi connectivity index (χ1v) is 6.75. The van der Waals surface area contributed by atoms with Crippen molar-refractivity contribution >= 4 is 0 Å². The second-order valence-electron chi connectivity index (χ2n) is 5.60. The molecular weight excluding hydrogens is 241 g/mol. The molecule has 2 aliphatic heterocycles. The van der Waals surface area contributed by atoms with Gasteiger partial charge in [-0.1, -0.05) is 12.1 Å². The highest BCUT2D eigenvalue weighted by Gasteiger charge is 2.46. The fourth-order valence-corrected chi connectivity index (χ4v) is 3.05. The summed E-state index contributed by atoms with van der Waals surface area (Å²) in [5, 5.41) is 3.45. The van der Waals surface area contributed by atoms with Gasteiger partial charge in [0.25, 0.3) is 0 Å². The number of hydrogen-bond acceptors (Lipinski definition) is 3. The Labute approximate surface area is 113 Å². The highest BCUT2D eigenvalue weighted by atomic mass is 19.1.